The highest BCUT2D eigenvalue weighted by atomic mass is 35.5. The van der Waals surface area contributed by atoms with Crippen LogP contribution in [0.25, 0.3) is 33.3 Å². The molecule has 2 amide bonds. The summed E-state index contributed by atoms with van der Waals surface area (Å²) in [6.45, 7) is 4.76. The van der Waals surface area contributed by atoms with Gasteiger partial charge < -0.3 is 16.0 Å². The Balaban J connectivity index is 1.47. The van der Waals surface area contributed by atoms with Crippen molar-refractivity contribution in [3.8, 4) is 22.4 Å². The van der Waals surface area contributed by atoms with E-state index in [1.807, 2.05) is 4.68 Å². The molecule has 4 aromatic heterocycles. The van der Waals surface area contributed by atoms with E-state index in [9.17, 15) is 9.59 Å². The highest BCUT2D eigenvalue weighted by Crippen LogP contribution is 2.41. The van der Waals surface area contributed by atoms with Crippen LogP contribution in [0.2, 0.25) is 5.02 Å². The number of carbonyl (C=O) groups is 2. The van der Waals surface area contributed by atoms with Crippen LogP contribution in [-0.4, -0.2) is 59.7 Å². The van der Waals surface area contributed by atoms with E-state index in [-0.39, 0.29) is 23.7 Å². The van der Waals surface area contributed by atoms with Crippen molar-refractivity contribution in [2.75, 3.05) is 24.1 Å². The Morgan fingerprint density at radius 3 is 2.78 bits per heavy atom. The fraction of sp³-hybridized carbons (Fsp3) is 0.172. The number of nitrogens with zero attached hydrogens (tertiary/aromatic N) is 6. The van der Waals surface area contributed by atoms with E-state index in [0.717, 1.165) is 29.5 Å². The maximum absolute atomic E-state index is 12.9. The van der Waals surface area contributed by atoms with Crippen molar-refractivity contribution in [2.45, 2.75) is 18.9 Å². The number of hydrogen-bond donors (Lipinski definition) is 3. The minimum atomic E-state index is -0.342. The number of aromatic amines is 1. The van der Waals surface area contributed by atoms with Gasteiger partial charge in [-0.25, -0.2) is 9.97 Å². The number of piperidine rings is 1. The van der Waals surface area contributed by atoms with Gasteiger partial charge in [0.25, 0.3) is 5.91 Å². The SMILES string of the molecule is C=CC(=O)N1CCC[C@@H](n2nc(-c3ccc(C(=O)Nc4ccccn4)cc3Cl)c3c(N)ncc(-c4cn[nH]c4)c32)C1. The summed E-state index contributed by atoms with van der Waals surface area (Å²) in [5.41, 5.74) is 10.4. The van der Waals surface area contributed by atoms with Gasteiger partial charge in [-0.1, -0.05) is 30.3 Å². The number of nitrogens with two attached hydrogens (primary N) is 1. The molecule has 0 radical (unpaired) electrons. The first-order valence-corrected chi connectivity index (χ1v) is 13.4. The van der Waals surface area contributed by atoms with Gasteiger partial charge in [0.05, 0.1) is 28.2 Å². The summed E-state index contributed by atoms with van der Waals surface area (Å²) >= 11 is 6.80. The summed E-state index contributed by atoms with van der Waals surface area (Å²) in [5, 5.41) is 15.7. The van der Waals surface area contributed by atoms with Crippen molar-refractivity contribution in [1.82, 2.24) is 34.8 Å². The first-order chi connectivity index (χ1) is 19.9. The summed E-state index contributed by atoms with van der Waals surface area (Å²) in [6.07, 6.45) is 9.74. The summed E-state index contributed by atoms with van der Waals surface area (Å²) in [6, 6.07) is 10.2. The number of fused-ring (bicyclic) bond motifs is 1. The molecule has 206 valence electrons. The average molecular weight is 568 g/mol. The zero-order valence-electron chi connectivity index (χ0n) is 21.9. The lowest BCUT2D eigenvalue weighted by atomic mass is 10.0. The quantitative estimate of drug-likeness (QED) is 0.251. The second-order valence-corrected chi connectivity index (χ2v) is 10.1. The van der Waals surface area contributed by atoms with Crippen molar-refractivity contribution < 1.29 is 9.59 Å². The topological polar surface area (TPSA) is 148 Å². The predicted molar refractivity (Wildman–Crippen MR) is 157 cm³/mol. The molecule has 1 saturated heterocycles. The molecule has 5 heterocycles. The average Bonchev–Trinajstić information content (AvgIpc) is 3.67. The maximum atomic E-state index is 12.9. The van der Waals surface area contributed by atoms with Crippen molar-refractivity contribution in [3.05, 3.63) is 84.4 Å². The lowest BCUT2D eigenvalue weighted by Crippen LogP contribution is -2.40. The van der Waals surface area contributed by atoms with Gasteiger partial charge in [0, 0.05) is 53.9 Å². The highest BCUT2D eigenvalue weighted by molar-refractivity contribution is 6.34. The van der Waals surface area contributed by atoms with Crippen LogP contribution in [0, 0.1) is 0 Å². The number of aromatic nitrogens is 6. The van der Waals surface area contributed by atoms with Gasteiger partial charge in [-0.3, -0.25) is 19.4 Å². The van der Waals surface area contributed by atoms with Gasteiger partial charge in [-0.15, -0.1) is 0 Å². The molecule has 41 heavy (non-hydrogen) atoms. The zero-order chi connectivity index (χ0) is 28.5. The molecule has 6 rings (SSSR count). The van der Waals surface area contributed by atoms with Crippen molar-refractivity contribution >= 4 is 46.0 Å². The van der Waals surface area contributed by atoms with Gasteiger partial charge in [-0.2, -0.15) is 10.2 Å². The first-order valence-electron chi connectivity index (χ1n) is 13.0. The number of carbonyl (C=O) groups excluding carboxylic acids is 2. The number of hydrogen-bond acceptors (Lipinski definition) is 7. The van der Waals surface area contributed by atoms with Crippen LogP contribution in [0.4, 0.5) is 11.6 Å². The number of halogens is 1. The molecule has 1 aliphatic heterocycles. The van der Waals surface area contributed by atoms with Gasteiger partial charge >= 0.3 is 0 Å². The third-order valence-corrected chi connectivity index (χ3v) is 7.50. The lowest BCUT2D eigenvalue weighted by molar-refractivity contribution is -0.127. The largest absolute Gasteiger partial charge is 0.383 e. The molecule has 0 aliphatic carbocycles. The van der Waals surface area contributed by atoms with E-state index >= 15 is 0 Å². The van der Waals surface area contributed by atoms with E-state index in [2.05, 4.69) is 32.1 Å². The van der Waals surface area contributed by atoms with Crippen LogP contribution in [0.15, 0.2) is 73.8 Å². The Morgan fingerprint density at radius 2 is 2.05 bits per heavy atom. The van der Waals surface area contributed by atoms with Gasteiger partial charge in [0.1, 0.15) is 17.3 Å². The molecule has 1 fully saturated rings. The monoisotopic (exact) mass is 567 g/mol. The number of amides is 2. The van der Waals surface area contributed by atoms with E-state index in [4.69, 9.17) is 22.4 Å². The van der Waals surface area contributed by atoms with E-state index in [1.54, 1.807) is 66.1 Å². The van der Waals surface area contributed by atoms with Crippen molar-refractivity contribution in [1.29, 1.82) is 0 Å². The van der Waals surface area contributed by atoms with E-state index in [0.29, 0.717) is 46.1 Å². The molecule has 0 spiro atoms. The Hall–Kier alpha value is -5.03. The second kappa shape index (κ2) is 10.9. The lowest BCUT2D eigenvalue weighted by Gasteiger charge is -2.32. The van der Waals surface area contributed by atoms with E-state index in [1.165, 1.54) is 6.08 Å². The minimum absolute atomic E-state index is 0.120. The molecule has 4 N–H and O–H groups in total. The van der Waals surface area contributed by atoms with Gasteiger partial charge in [0.15, 0.2) is 0 Å². The number of H-pyrrole nitrogens is 1. The zero-order valence-corrected chi connectivity index (χ0v) is 22.7. The smallest absolute Gasteiger partial charge is 0.256 e. The Kier molecular flexibility index (Phi) is 6.94. The van der Waals surface area contributed by atoms with Crippen LogP contribution in [-0.2, 0) is 4.79 Å². The number of nitrogens with one attached hydrogen (secondary N) is 2. The summed E-state index contributed by atoms with van der Waals surface area (Å²) in [4.78, 5) is 35.7. The number of anilines is 2. The molecule has 1 atom stereocenters. The minimum Gasteiger partial charge on any atom is -0.383 e. The van der Waals surface area contributed by atoms with Crippen LogP contribution >= 0.6 is 11.6 Å². The Bertz CT molecular complexity index is 1770. The predicted octanol–water partition coefficient (Wildman–Crippen LogP) is 4.72. The van der Waals surface area contributed by atoms with Gasteiger partial charge in [0.2, 0.25) is 5.91 Å². The standard InChI is InChI=1S/C29H26ClN9O2/c1-2-24(40)38-11-5-6-19(16-38)39-27-21(18-13-34-35-14-18)15-33-28(31)25(27)26(37-39)20-9-8-17(12-22(20)30)29(41)36-23-7-3-4-10-32-23/h2-4,7-10,12-15,19H,1,5-6,11,16H2,(H2,31,33)(H,34,35)(H,32,36,41)/t19-/m1/s1. The third-order valence-electron chi connectivity index (χ3n) is 7.19. The number of rotatable bonds is 6. The number of likely N-dealkylation sites (tertiary alicyclic amines) is 1. The number of pyridine rings is 2. The molecule has 11 nitrogen and oxygen atoms in total. The van der Waals surface area contributed by atoms with Crippen molar-refractivity contribution in [3.63, 3.8) is 0 Å². The molecule has 0 saturated carbocycles. The molecule has 12 heteroatoms. The molecule has 1 aliphatic rings. The van der Waals surface area contributed by atoms with Crippen LogP contribution < -0.4 is 11.1 Å². The van der Waals surface area contributed by atoms with Crippen LogP contribution in [0.3, 0.4) is 0 Å². The first kappa shape index (κ1) is 26.2. The highest BCUT2D eigenvalue weighted by Gasteiger charge is 2.29. The summed E-state index contributed by atoms with van der Waals surface area (Å²) < 4.78 is 1.92. The third kappa shape index (κ3) is 4.91. The van der Waals surface area contributed by atoms with E-state index < -0.39 is 0 Å². The molecular weight excluding hydrogens is 542 g/mol. The molecule has 0 bridgehead atoms. The molecule has 5 aromatic rings. The maximum Gasteiger partial charge on any atom is 0.256 e. The van der Waals surface area contributed by atoms with Crippen LogP contribution in [0.1, 0.15) is 29.2 Å². The number of benzene rings is 1. The second-order valence-electron chi connectivity index (χ2n) is 9.71. The normalized spacial score (nSPS) is 15.1. The number of nitrogen functional groups attached to an aromatic ring is 1. The summed E-state index contributed by atoms with van der Waals surface area (Å²) in [7, 11) is 0. The molecular formula is C29H26ClN9O2. The van der Waals surface area contributed by atoms with Gasteiger partial charge in [-0.05, 0) is 43.2 Å². The van der Waals surface area contributed by atoms with Crippen molar-refractivity contribution in [2.24, 2.45) is 0 Å². The Labute approximate surface area is 240 Å². The fourth-order valence-electron chi connectivity index (χ4n) is 5.21. The molecule has 1 aromatic carbocycles. The van der Waals surface area contributed by atoms with Crippen LogP contribution in [0.5, 0.6) is 0 Å². The fourth-order valence-corrected chi connectivity index (χ4v) is 5.48. The summed E-state index contributed by atoms with van der Waals surface area (Å²) in [5.74, 6) is 0.260. The molecule has 0 unspecified atom stereocenters. The Morgan fingerprint density at radius 1 is 1.17 bits per heavy atom.